The summed E-state index contributed by atoms with van der Waals surface area (Å²) in [6.07, 6.45) is 0. The molecular formula is C11H14F3N3O. The molecule has 1 N–H and O–H groups in total. The number of aromatic nitrogens is 1. The van der Waals surface area contributed by atoms with Gasteiger partial charge in [-0.05, 0) is 13.8 Å². The van der Waals surface area contributed by atoms with Crippen LogP contribution in [0.3, 0.4) is 0 Å². The van der Waals surface area contributed by atoms with Crippen molar-refractivity contribution in [2.75, 3.05) is 25.0 Å². The van der Waals surface area contributed by atoms with Crippen LogP contribution in [0, 0.1) is 17.6 Å². The number of pyridine rings is 1. The Bertz CT molecular complexity index is 436. The molecule has 1 rings (SSSR count). The van der Waals surface area contributed by atoms with Crippen molar-refractivity contribution < 1.29 is 18.0 Å². The van der Waals surface area contributed by atoms with Crippen molar-refractivity contribution >= 4 is 11.7 Å². The van der Waals surface area contributed by atoms with Crippen LogP contribution in [0.4, 0.5) is 19.0 Å². The Morgan fingerprint density at radius 2 is 1.89 bits per heavy atom. The number of rotatable bonds is 5. The van der Waals surface area contributed by atoms with Crippen LogP contribution < -0.4 is 5.32 Å². The van der Waals surface area contributed by atoms with Crippen LogP contribution in [0.2, 0.25) is 0 Å². The van der Waals surface area contributed by atoms with Crippen molar-refractivity contribution in [1.82, 2.24) is 9.88 Å². The zero-order chi connectivity index (χ0) is 13.7. The van der Waals surface area contributed by atoms with E-state index in [1.807, 2.05) is 0 Å². The van der Waals surface area contributed by atoms with Gasteiger partial charge in [-0.2, -0.15) is 9.37 Å². The molecule has 0 atom stereocenters. The molecule has 18 heavy (non-hydrogen) atoms. The van der Waals surface area contributed by atoms with Crippen molar-refractivity contribution in [2.24, 2.45) is 0 Å². The van der Waals surface area contributed by atoms with Gasteiger partial charge in [0.1, 0.15) is 0 Å². The highest BCUT2D eigenvalue weighted by Crippen LogP contribution is 2.13. The summed E-state index contributed by atoms with van der Waals surface area (Å²) in [6, 6.07) is 0.382. The van der Waals surface area contributed by atoms with E-state index in [0.29, 0.717) is 19.2 Å². The van der Waals surface area contributed by atoms with Gasteiger partial charge in [0.25, 0.3) is 5.95 Å². The van der Waals surface area contributed by atoms with E-state index in [1.54, 1.807) is 13.8 Å². The molecule has 0 aliphatic rings. The molecule has 7 heteroatoms. The molecule has 0 saturated heterocycles. The third-order valence-electron chi connectivity index (χ3n) is 2.41. The first-order valence-corrected chi connectivity index (χ1v) is 5.52. The van der Waals surface area contributed by atoms with E-state index in [1.165, 1.54) is 4.90 Å². The zero-order valence-electron chi connectivity index (χ0n) is 10.1. The molecule has 0 saturated carbocycles. The standard InChI is InChI=1S/C11H14F3N3O/c1-3-17(4-2)9(18)6-15-11-8(13)5-7(12)10(14)16-11/h5H,3-4,6H2,1-2H3,(H,15,16). The summed E-state index contributed by atoms with van der Waals surface area (Å²) in [5.74, 6) is -4.57. The number of halogens is 3. The predicted molar refractivity (Wildman–Crippen MR) is 60.5 cm³/mol. The fraction of sp³-hybridized carbons (Fsp3) is 0.455. The minimum absolute atomic E-state index is 0.226. The van der Waals surface area contributed by atoms with Crippen LogP contribution in [-0.4, -0.2) is 35.4 Å². The summed E-state index contributed by atoms with van der Waals surface area (Å²) in [5, 5.41) is 2.35. The van der Waals surface area contributed by atoms with E-state index >= 15 is 0 Å². The molecule has 4 nitrogen and oxygen atoms in total. The van der Waals surface area contributed by atoms with Crippen molar-refractivity contribution in [3.05, 3.63) is 23.6 Å². The van der Waals surface area contributed by atoms with E-state index < -0.39 is 23.4 Å². The highest BCUT2D eigenvalue weighted by atomic mass is 19.2. The molecule has 1 amide bonds. The van der Waals surface area contributed by atoms with Gasteiger partial charge >= 0.3 is 0 Å². The normalized spacial score (nSPS) is 10.3. The molecule has 0 aliphatic heterocycles. The quantitative estimate of drug-likeness (QED) is 0.822. The molecular weight excluding hydrogens is 247 g/mol. The SMILES string of the molecule is CCN(CC)C(=O)CNc1nc(F)c(F)cc1F. The fourth-order valence-electron chi connectivity index (χ4n) is 1.42. The Balaban J connectivity index is 2.69. The van der Waals surface area contributed by atoms with Crippen LogP contribution >= 0.6 is 0 Å². The average molecular weight is 261 g/mol. The smallest absolute Gasteiger partial charge is 0.251 e. The Labute approximate surface area is 103 Å². The lowest BCUT2D eigenvalue weighted by atomic mass is 10.4. The van der Waals surface area contributed by atoms with Gasteiger partial charge in [-0.25, -0.2) is 8.78 Å². The number of nitrogens with one attached hydrogen (secondary N) is 1. The van der Waals surface area contributed by atoms with Crippen molar-refractivity contribution in [3.8, 4) is 0 Å². The van der Waals surface area contributed by atoms with Gasteiger partial charge in [-0.15, -0.1) is 0 Å². The number of carbonyl (C=O) groups is 1. The molecule has 0 unspecified atom stereocenters. The first-order valence-electron chi connectivity index (χ1n) is 5.52. The van der Waals surface area contributed by atoms with Gasteiger partial charge < -0.3 is 10.2 Å². The van der Waals surface area contributed by atoms with Crippen LogP contribution in [0.15, 0.2) is 6.07 Å². The van der Waals surface area contributed by atoms with Crippen molar-refractivity contribution in [2.45, 2.75) is 13.8 Å². The summed E-state index contributed by atoms with van der Waals surface area (Å²) in [5.41, 5.74) is 0. The van der Waals surface area contributed by atoms with Gasteiger partial charge in [0.15, 0.2) is 17.5 Å². The molecule has 0 radical (unpaired) electrons. The molecule has 0 fully saturated rings. The minimum Gasteiger partial charge on any atom is -0.358 e. The highest BCUT2D eigenvalue weighted by molar-refractivity contribution is 5.80. The number of nitrogens with zero attached hydrogens (tertiary/aromatic N) is 2. The molecule has 1 aromatic heterocycles. The maximum atomic E-state index is 13.2. The maximum absolute atomic E-state index is 13.2. The van der Waals surface area contributed by atoms with Gasteiger partial charge in [0.2, 0.25) is 5.91 Å². The molecule has 0 bridgehead atoms. The summed E-state index contributed by atoms with van der Waals surface area (Å²) in [7, 11) is 0. The first kappa shape index (κ1) is 14.3. The lowest BCUT2D eigenvalue weighted by Crippen LogP contribution is -2.35. The molecule has 0 aromatic carbocycles. The number of anilines is 1. The number of carbonyl (C=O) groups excluding carboxylic acids is 1. The Hall–Kier alpha value is -1.79. The minimum atomic E-state index is -1.41. The molecule has 1 heterocycles. The second-order valence-electron chi connectivity index (χ2n) is 3.51. The number of amides is 1. The number of hydrogen-bond acceptors (Lipinski definition) is 3. The first-order chi connectivity index (χ1) is 8.49. The predicted octanol–water partition coefficient (Wildman–Crippen LogP) is 1.78. The van der Waals surface area contributed by atoms with Gasteiger partial charge in [0.05, 0.1) is 6.54 Å². The van der Waals surface area contributed by atoms with E-state index in [-0.39, 0.29) is 12.5 Å². The Morgan fingerprint density at radius 3 is 2.44 bits per heavy atom. The topological polar surface area (TPSA) is 45.2 Å². The average Bonchev–Trinajstić information content (AvgIpc) is 2.33. The summed E-state index contributed by atoms with van der Waals surface area (Å²) < 4.78 is 38.6. The number of hydrogen-bond donors (Lipinski definition) is 1. The van der Waals surface area contributed by atoms with Crippen LogP contribution in [0.1, 0.15) is 13.8 Å². The van der Waals surface area contributed by atoms with Crippen LogP contribution in [0.25, 0.3) is 0 Å². The largest absolute Gasteiger partial charge is 0.358 e. The molecule has 100 valence electrons. The molecule has 0 spiro atoms. The lowest BCUT2D eigenvalue weighted by Gasteiger charge is -2.18. The van der Waals surface area contributed by atoms with Gasteiger partial charge in [-0.1, -0.05) is 0 Å². The van der Waals surface area contributed by atoms with Gasteiger partial charge in [-0.3, -0.25) is 4.79 Å². The second kappa shape index (κ2) is 6.23. The summed E-state index contributed by atoms with van der Waals surface area (Å²) >= 11 is 0. The van der Waals surface area contributed by atoms with Crippen molar-refractivity contribution in [3.63, 3.8) is 0 Å². The van der Waals surface area contributed by atoms with E-state index in [9.17, 15) is 18.0 Å². The van der Waals surface area contributed by atoms with E-state index in [2.05, 4.69) is 10.3 Å². The maximum Gasteiger partial charge on any atom is 0.251 e. The third kappa shape index (κ3) is 3.35. The van der Waals surface area contributed by atoms with Gasteiger partial charge in [0, 0.05) is 19.2 Å². The number of likely N-dealkylation sites (N-methyl/N-ethyl adjacent to an activating group) is 1. The highest BCUT2D eigenvalue weighted by Gasteiger charge is 2.14. The summed E-state index contributed by atoms with van der Waals surface area (Å²) in [6.45, 7) is 4.42. The molecule has 1 aromatic rings. The Kier molecular flexibility index (Phi) is 4.94. The molecule has 0 aliphatic carbocycles. The lowest BCUT2D eigenvalue weighted by molar-refractivity contribution is -0.128. The zero-order valence-corrected chi connectivity index (χ0v) is 10.1. The monoisotopic (exact) mass is 261 g/mol. The second-order valence-corrected chi connectivity index (χ2v) is 3.51. The van der Waals surface area contributed by atoms with Crippen LogP contribution in [0.5, 0.6) is 0 Å². The Morgan fingerprint density at radius 1 is 1.28 bits per heavy atom. The van der Waals surface area contributed by atoms with Crippen molar-refractivity contribution in [1.29, 1.82) is 0 Å². The van der Waals surface area contributed by atoms with Crippen LogP contribution in [-0.2, 0) is 4.79 Å². The third-order valence-corrected chi connectivity index (χ3v) is 2.41. The van der Waals surface area contributed by atoms with E-state index in [4.69, 9.17) is 0 Å². The summed E-state index contributed by atoms with van der Waals surface area (Å²) in [4.78, 5) is 16.2. The van der Waals surface area contributed by atoms with E-state index in [0.717, 1.165) is 0 Å². The fourth-order valence-corrected chi connectivity index (χ4v) is 1.42.